The molecule has 136 valence electrons. The van der Waals surface area contributed by atoms with Gasteiger partial charge in [0.2, 0.25) is 0 Å². The molecule has 2 aliphatic heterocycles. The summed E-state index contributed by atoms with van der Waals surface area (Å²) in [6.45, 7) is 6.34. The van der Waals surface area contributed by atoms with Crippen LogP contribution in [0.1, 0.15) is 32.1 Å². The third-order valence-electron chi connectivity index (χ3n) is 3.93. The summed E-state index contributed by atoms with van der Waals surface area (Å²) in [4.78, 5) is 2.39. The lowest BCUT2D eigenvalue weighted by atomic mass is 10.1. The molecule has 23 heavy (non-hydrogen) atoms. The smallest absolute Gasteiger partial charge is 0.256 e. The van der Waals surface area contributed by atoms with E-state index in [1.54, 1.807) is 0 Å². The van der Waals surface area contributed by atoms with Crippen LogP contribution in [-0.2, 0) is 9.47 Å². The summed E-state index contributed by atoms with van der Waals surface area (Å²) in [5.41, 5.74) is 0. The third-order valence-corrected chi connectivity index (χ3v) is 7.20. The molecule has 1 N–H and O–H groups in total. The Bertz CT molecular complexity index is 315. The molecule has 2 saturated heterocycles. The van der Waals surface area contributed by atoms with Crippen molar-refractivity contribution in [2.75, 3.05) is 51.8 Å². The van der Waals surface area contributed by atoms with Crippen molar-refractivity contribution in [3.8, 4) is 0 Å². The van der Waals surface area contributed by atoms with Crippen molar-refractivity contribution < 1.29 is 9.47 Å². The fraction of sp³-hybridized carbons (Fsp3) is 0.933. The van der Waals surface area contributed by atoms with Crippen molar-refractivity contribution in [1.29, 1.82) is 0 Å². The van der Waals surface area contributed by atoms with E-state index < -0.39 is 0 Å². The molecule has 2 aliphatic rings. The molecule has 0 radical (unpaired) electrons. The standard InChI is InChI=1S/C15H28N2O2S3.ClH/c20-15(16-6-7-17-8-11-18-12-9-17)19-10-3-1-2-4-14-5-13-21-22-14;/h14H,1-13H2,(H,16,20);1H. The van der Waals surface area contributed by atoms with Crippen LogP contribution in [0.4, 0.5) is 0 Å². The molecule has 1 atom stereocenters. The van der Waals surface area contributed by atoms with Gasteiger partial charge in [0.15, 0.2) is 0 Å². The normalized spacial score (nSPS) is 21.7. The fourth-order valence-electron chi connectivity index (χ4n) is 2.57. The first-order valence-corrected chi connectivity index (χ1v) is 11.1. The van der Waals surface area contributed by atoms with Gasteiger partial charge < -0.3 is 14.8 Å². The van der Waals surface area contributed by atoms with Crippen LogP contribution >= 0.6 is 46.2 Å². The lowest BCUT2D eigenvalue weighted by Gasteiger charge is -2.26. The van der Waals surface area contributed by atoms with E-state index in [1.807, 2.05) is 10.8 Å². The van der Waals surface area contributed by atoms with Crippen LogP contribution in [-0.4, -0.2) is 67.1 Å². The zero-order valence-corrected chi connectivity index (χ0v) is 16.9. The van der Waals surface area contributed by atoms with Crippen LogP contribution in [0.2, 0.25) is 0 Å². The van der Waals surface area contributed by atoms with Gasteiger partial charge in [0.25, 0.3) is 5.17 Å². The van der Waals surface area contributed by atoms with Gasteiger partial charge in [-0.1, -0.05) is 34.4 Å². The topological polar surface area (TPSA) is 33.7 Å². The van der Waals surface area contributed by atoms with Crippen molar-refractivity contribution in [2.45, 2.75) is 37.4 Å². The van der Waals surface area contributed by atoms with Gasteiger partial charge in [-0.15, -0.1) is 12.4 Å². The SMILES string of the molecule is Cl.S=C(NCCN1CCOCC1)OCCCCCC1CCSS1. The maximum atomic E-state index is 5.57. The second-order valence-electron chi connectivity index (χ2n) is 5.69. The van der Waals surface area contributed by atoms with E-state index in [-0.39, 0.29) is 12.4 Å². The quantitative estimate of drug-likeness (QED) is 0.361. The van der Waals surface area contributed by atoms with Crippen molar-refractivity contribution in [3.05, 3.63) is 0 Å². The van der Waals surface area contributed by atoms with Gasteiger partial charge in [0, 0.05) is 37.2 Å². The molecule has 0 bridgehead atoms. The molecule has 2 rings (SSSR count). The van der Waals surface area contributed by atoms with E-state index in [0.29, 0.717) is 5.17 Å². The van der Waals surface area contributed by atoms with E-state index in [0.717, 1.165) is 57.7 Å². The van der Waals surface area contributed by atoms with Gasteiger partial charge in [0.05, 0.1) is 19.8 Å². The van der Waals surface area contributed by atoms with Crippen molar-refractivity contribution in [1.82, 2.24) is 10.2 Å². The number of ether oxygens (including phenoxy) is 2. The molecule has 0 saturated carbocycles. The molecule has 2 fully saturated rings. The minimum atomic E-state index is 0. The number of halogens is 1. The van der Waals surface area contributed by atoms with Gasteiger partial charge in [-0.3, -0.25) is 4.90 Å². The molecule has 0 amide bonds. The van der Waals surface area contributed by atoms with E-state index >= 15 is 0 Å². The number of hydrogen-bond donors (Lipinski definition) is 1. The van der Waals surface area contributed by atoms with Crippen LogP contribution in [0.25, 0.3) is 0 Å². The van der Waals surface area contributed by atoms with Gasteiger partial charge in [-0.2, -0.15) is 0 Å². The zero-order chi connectivity index (χ0) is 15.5. The summed E-state index contributed by atoms with van der Waals surface area (Å²) in [5, 5.41) is 4.64. The number of thiocarbonyl (C=S) groups is 1. The number of nitrogens with zero attached hydrogens (tertiary/aromatic N) is 1. The highest BCUT2D eigenvalue weighted by molar-refractivity contribution is 8.77. The number of unbranched alkanes of at least 4 members (excludes halogenated alkanes) is 2. The predicted octanol–water partition coefficient (Wildman–Crippen LogP) is 3.35. The average Bonchev–Trinajstić information content (AvgIpc) is 3.05. The summed E-state index contributed by atoms with van der Waals surface area (Å²) in [6, 6.07) is 0. The minimum Gasteiger partial charge on any atom is -0.471 e. The molecule has 1 unspecified atom stereocenters. The molecule has 8 heteroatoms. The first-order valence-electron chi connectivity index (χ1n) is 8.33. The van der Waals surface area contributed by atoms with Crippen molar-refractivity contribution in [2.24, 2.45) is 0 Å². The number of hydrogen-bond acceptors (Lipinski definition) is 6. The molecular weight excluding hydrogens is 372 g/mol. The molecule has 0 aromatic carbocycles. The highest BCUT2D eigenvalue weighted by Gasteiger charge is 2.15. The lowest BCUT2D eigenvalue weighted by Crippen LogP contribution is -2.41. The second-order valence-corrected chi connectivity index (χ2v) is 8.85. The van der Waals surface area contributed by atoms with Crippen molar-refractivity contribution >= 4 is 51.4 Å². The molecule has 0 aromatic rings. The first kappa shape index (κ1) is 21.6. The van der Waals surface area contributed by atoms with E-state index in [4.69, 9.17) is 21.7 Å². The lowest BCUT2D eigenvalue weighted by molar-refractivity contribution is 0.0388. The molecule has 0 aromatic heterocycles. The highest BCUT2D eigenvalue weighted by atomic mass is 35.5. The minimum absolute atomic E-state index is 0. The monoisotopic (exact) mass is 400 g/mol. The molecule has 0 spiro atoms. The molecule has 2 heterocycles. The maximum Gasteiger partial charge on any atom is 0.256 e. The Morgan fingerprint density at radius 2 is 2.09 bits per heavy atom. The third kappa shape index (κ3) is 10.2. The Hall–Kier alpha value is 0.600. The summed E-state index contributed by atoms with van der Waals surface area (Å²) in [6.07, 6.45) is 6.43. The van der Waals surface area contributed by atoms with Crippen LogP contribution in [0.5, 0.6) is 0 Å². The number of rotatable bonds is 9. The van der Waals surface area contributed by atoms with E-state index in [1.165, 1.54) is 31.4 Å². The maximum absolute atomic E-state index is 5.57. The Morgan fingerprint density at radius 1 is 1.26 bits per heavy atom. The Balaban J connectivity index is 0.00000264. The fourth-order valence-corrected chi connectivity index (χ4v) is 5.79. The van der Waals surface area contributed by atoms with Crippen LogP contribution in [0.3, 0.4) is 0 Å². The van der Waals surface area contributed by atoms with Gasteiger partial charge in [-0.25, -0.2) is 0 Å². The number of nitrogens with one attached hydrogen (secondary N) is 1. The summed E-state index contributed by atoms with van der Waals surface area (Å²) >= 11 is 5.20. The van der Waals surface area contributed by atoms with Crippen LogP contribution in [0.15, 0.2) is 0 Å². The van der Waals surface area contributed by atoms with Gasteiger partial charge in [-0.05, 0) is 31.5 Å². The van der Waals surface area contributed by atoms with Crippen molar-refractivity contribution in [3.63, 3.8) is 0 Å². The van der Waals surface area contributed by atoms with Crippen LogP contribution in [0, 0.1) is 0 Å². The first-order chi connectivity index (χ1) is 10.8. The Morgan fingerprint density at radius 3 is 2.83 bits per heavy atom. The van der Waals surface area contributed by atoms with Gasteiger partial charge >= 0.3 is 0 Å². The Labute approximate surface area is 160 Å². The van der Waals surface area contributed by atoms with E-state index in [2.05, 4.69) is 21.0 Å². The summed E-state index contributed by atoms with van der Waals surface area (Å²) in [5.74, 6) is 1.34. The Kier molecular flexibility index (Phi) is 13.0. The zero-order valence-electron chi connectivity index (χ0n) is 13.7. The molecule has 4 nitrogen and oxygen atoms in total. The summed E-state index contributed by atoms with van der Waals surface area (Å²) in [7, 11) is 4.10. The predicted molar refractivity (Wildman–Crippen MR) is 108 cm³/mol. The largest absolute Gasteiger partial charge is 0.471 e. The molecule has 0 aliphatic carbocycles. The highest BCUT2D eigenvalue weighted by Crippen LogP contribution is 2.39. The number of morpholine rings is 1. The van der Waals surface area contributed by atoms with Gasteiger partial charge in [0.1, 0.15) is 0 Å². The molecular formula is C15H29ClN2O2S3. The second kappa shape index (κ2) is 13.8. The van der Waals surface area contributed by atoms with Crippen LogP contribution < -0.4 is 5.32 Å². The average molecular weight is 401 g/mol. The van der Waals surface area contributed by atoms with E-state index in [9.17, 15) is 0 Å². The summed E-state index contributed by atoms with van der Waals surface area (Å²) < 4.78 is 10.9.